The summed E-state index contributed by atoms with van der Waals surface area (Å²) in [6, 6.07) is 3.92. The molecular formula is C9H9N3O. The molecule has 0 spiro atoms. The molecule has 0 atom stereocenters. The second-order valence-electron chi connectivity index (χ2n) is 3.10. The summed E-state index contributed by atoms with van der Waals surface area (Å²) < 4.78 is 2.03. The highest BCUT2D eigenvalue weighted by atomic mass is 16.1. The van der Waals surface area contributed by atoms with Crippen LogP contribution in [0.15, 0.2) is 12.3 Å². The number of rotatable bonds is 1. The van der Waals surface area contributed by atoms with Gasteiger partial charge in [0, 0.05) is 25.0 Å². The molecule has 0 saturated carbocycles. The van der Waals surface area contributed by atoms with Crippen LogP contribution < -0.4 is 0 Å². The molecule has 0 saturated heterocycles. The number of nitriles is 1. The van der Waals surface area contributed by atoms with E-state index in [1.807, 2.05) is 16.8 Å². The Balaban J connectivity index is 2.30. The highest BCUT2D eigenvalue weighted by Gasteiger charge is 2.14. The third-order valence-corrected chi connectivity index (χ3v) is 2.26. The van der Waals surface area contributed by atoms with Gasteiger partial charge in [-0.1, -0.05) is 0 Å². The fourth-order valence-electron chi connectivity index (χ4n) is 1.57. The number of amides is 1. The predicted octanol–water partition coefficient (Wildman–Crippen LogP) is 0.332. The third-order valence-electron chi connectivity index (χ3n) is 2.26. The van der Waals surface area contributed by atoms with Crippen LogP contribution in [0.3, 0.4) is 0 Å². The molecule has 2 heterocycles. The molecule has 0 radical (unpaired) electrons. The number of carbonyl (C=O) groups is 1. The SMILES string of the molecule is N#Cc1cc2n(c1)CCN(C=O)C2. The van der Waals surface area contributed by atoms with Crippen LogP contribution in [-0.2, 0) is 17.9 Å². The predicted molar refractivity (Wildman–Crippen MR) is 45.6 cm³/mol. The molecule has 2 rings (SSSR count). The van der Waals surface area contributed by atoms with Crippen LogP contribution in [-0.4, -0.2) is 22.4 Å². The quantitative estimate of drug-likeness (QED) is 0.577. The molecule has 1 aliphatic rings. The van der Waals surface area contributed by atoms with Gasteiger partial charge < -0.3 is 9.47 Å². The van der Waals surface area contributed by atoms with E-state index in [1.165, 1.54) is 0 Å². The average Bonchev–Trinajstić information content (AvgIpc) is 2.58. The zero-order valence-electron chi connectivity index (χ0n) is 7.10. The summed E-state index contributed by atoms with van der Waals surface area (Å²) in [6.07, 6.45) is 2.68. The molecule has 0 aromatic carbocycles. The minimum absolute atomic E-state index is 0.616. The van der Waals surface area contributed by atoms with Crippen molar-refractivity contribution in [3.05, 3.63) is 23.5 Å². The van der Waals surface area contributed by atoms with Crippen LogP contribution in [0, 0.1) is 11.3 Å². The standard InChI is InChI=1S/C9H9N3O/c10-4-8-3-9-6-11(7-13)1-2-12(9)5-8/h3,5,7H,1-2,6H2. The fraction of sp³-hybridized carbons (Fsp3) is 0.333. The van der Waals surface area contributed by atoms with Gasteiger partial charge in [-0.15, -0.1) is 0 Å². The van der Waals surface area contributed by atoms with E-state index in [0.29, 0.717) is 12.1 Å². The minimum Gasteiger partial charge on any atom is -0.347 e. The van der Waals surface area contributed by atoms with Crippen LogP contribution >= 0.6 is 0 Å². The van der Waals surface area contributed by atoms with E-state index in [1.54, 1.807) is 4.90 Å². The lowest BCUT2D eigenvalue weighted by molar-refractivity contribution is -0.119. The largest absolute Gasteiger partial charge is 0.347 e. The molecule has 1 amide bonds. The first-order valence-electron chi connectivity index (χ1n) is 4.12. The van der Waals surface area contributed by atoms with Gasteiger partial charge in [-0.2, -0.15) is 5.26 Å². The highest BCUT2D eigenvalue weighted by molar-refractivity contribution is 5.48. The Morgan fingerprint density at radius 2 is 2.38 bits per heavy atom. The molecule has 0 bridgehead atoms. The normalized spacial score (nSPS) is 14.8. The second kappa shape index (κ2) is 2.94. The van der Waals surface area contributed by atoms with Crippen molar-refractivity contribution in [2.24, 2.45) is 0 Å². The molecule has 13 heavy (non-hydrogen) atoms. The zero-order chi connectivity index (χ0) is 9.26. The Hall–Kier alpha value is -1.76. The lowest BCUT2D eigenvalue weighted by Gasteiger charge is -2.24. The van der Waals surface area contributed by atoms with Gasteiger partial charge in [0.2, 0.25) is 6.41 Å². The molecule has 4 nitrogen and oxygen atoms in total. The number of hydrogen-bond acceptors (Lipinski definition) is 2. The molecule has 0 fully saturated rings. The lowest BCUT2D eigenvalue weighted by atomic mass is 10.3. The Kier molecular flexibility index (Phi) is 1.78. The average molecular weight is 175 g/mol. The number of nitrogens with zero attached hydrogens (tertiary/aromatic N) is 3. The highest BCUT2D eigenvalue weighted by Crippen LogP contribution is 2.14. The van der Waals surface area contributed by atoms with Crippen molar-refractivity contribution in [2.45, 2.75) is 13.1 Å². The van der Waals surface area contributed by atoms with Crippen LogP contribution in [0.25, 0.3) is 0 Å². The Bertz CT molecular complexity index is 375. The van der Waals surface area contributed by atoms with Crippen molar-refractivity contribution in [3.8, 4) is 6.07 Å². The molecule has 66 valence electrons. The summed E-state index contributed by atoms with van der Waals surface area (Å²) in [7, 11) is 0. The van der Waals surface area contributed by atoms with Crippen molar-refractivity contribution in [1.29, 1.82) is 5.26 Å². The van der Waals surface area contributed by atoms with E-state index in [0.717, 1.165) is 25.2 Å². The van der Waals surface area contributed by atoms with Crippen LogP contribution in [0.2, 0.25) is 0 Å². The smallest absolute Gasteiger partial charge is 0.210 e. The summed E-state index contributed by atoms with van der Waals surface area (Å²) >= 11 is 0. The van der Waals surface area contributed by atoms with Gasteiger partial charge in [-0.05, 0) is 6.07 Å². The molecule has 4 heteroatoms. The Morgan fingerprint density at radius 3 is 3.08 bits per heavy atom. The van der Waals surface area contributed by atoms with E-state index >= 15 is 0 Å². The van der Waals surface area contributed by atoms with Gasteiger partial charge >= 0.3 is 0 Å². The Labute approximate surface area is 76.0 Å². The summed E-state index contributed by atoms with van der Waals surface area (Å²) in [5, 5.41) is 8.66. The fourth-order valence-corrected chi connectivity index (χ4v) is 1.57. The second-order valence-corrected chi connectivity index (χ2v) is 3.10. The maximum absolute atomic E-state index is 10.5. The van der Waals surface area contributed by atoms with Crippen LogP contribution in [0.4, 0.5) is 0 Å². The van der Waals surface area contributed by atoms with Gasteiger partial charge in [0.05, 0.1) is 12.1 Å². The lowest BCUT2D eigenvalue weighted by Crippen LogP contribution is -2.31. The first-order chi connectivity index (χ1) is 6.33. The molecule has 1 aromatic rings. The summed E-state index contributed by atoms with van der Waals surface area (Å²) in [5.74, 6) is 0. The first kappa shape index (κ1) is 7.87. The van der Waals surface area contributed by atoms with Gasteiger partial charge in [0.15, 0.2) is 0 Å². The van der Waals surface area contributed by atoms with Crippen molar-refractivity contribution in [1.82, 2.24) is 9.47 Å². The van der Waals surface area contributed by atoms with E-state index in [2.05, 4.69) is 6.07 Å². The summed E-state index contributed by atoms with van der Waals surface area (Å²) in [5.41, 5.74) is 1.71. The molecule has 1 aromatic heterocycles. The molecule has 0 unspecified atom stereocenters. The van der Waals surface area contributed by atoms with Gasteiger partial charge in [-0.3, -0.25) is 4.79 Å². The maximum atomic E-state index is 10.5. The molecule has 0 N–H and O–H groups in total. The van der Waals surface area contributed by atoms with Crippen molar-refractivity contribution < 1.29 is 4.79 Å². The molecule has 0 aliphatic carbocycles. The zero-order valence-corrected chi connectivity index (χ0v) is 7.10. The number of fused-ring (bicyclic) bond motifs is 1. The topological polar surface area (TPSA) is 49.0 Å². The van der Waals surface area contributed by atoms with Gasteiger partial charge in [-0.25, -0.2) is 0 Å². The minimum atomic E-state index is 0.616. The first-order valence-corrected chi connectivity index (χ1v) is 4.12. The third kappa shape index (κ3) is 1.29. The van der Waals surface area contributed by atoms with E-state index in [4.69, 9.17) is 5.26 Å². The van der Waals surface area contributed by atoms with E-state index < -0.39 is 0 Å². The number of carbonyl (C=O) groups excluding carboxylic acids is 1. The van der Waals surface area contributed by atoms with Crippen LogP contribution in [0.5, 0.6) is 0 Å². The van der Waals surface area contributed by atoms with Gasteiger partial charge in [0.1, 0.15) is 6.07 Å². The van der Waals surface area contributed by atoms with Crippen molar-refractivity contribution in [2.75, 3.05) is 6.54 Å². The summed E-state index contributed by atoms with van der Waals surface area (Å²) in [6.45, 7) is 2.14. The monoisotopic (exact) mass is 175 g/mol. The molecular weight excluding hydrogens is 166 g/mol. The van der Waals surface area contributed by atoms with Crippen molar-refractivity contribution >= 4 is 6.41 Å². The van der Waals surface area contributed by atoms with Crippen LogP contribution in [0.1, 0.15) is 11.3 Å². The van der Waals surface area contributed by atoms with Crippen molar-refractivity contribution in [3.63, 3.8) is 0 Å². The maximum Gasteiger partial charge on any atom is 0.210 e. The Morgan fingerprint density at radius 1 is 1.54 bits per heavy atom. The van der Waals surface area contributed by atoms with E-state index in [-0.39, 0.29) is 0 Å². The van der Waals surface area contributed by atoms with Gasteiger partial charge in [0.25, 0.3) is 0 Å². The molecule has 1 aliphatic heterocycles. The van der Waals surface area contributed by atoms with E-state index in [9.17, 15) is 4.79 Å². The number of hydrogen-bond donors (Lipinski definition) is 0. The number of aromatic nitrogens is 1. The summed E-state index contributed by atoms with van der Waals surface area (Å²) in [4.78, 5) is 12.2.